The molecule has 0 aliphatic carbocycles. The van der Waals surface area contributed by atoms with Crippen LogP contribution >= 0.6 is 11.6 Å². The lowest BCUT2D eigenvalue weighted by Crippen LogP contribution is -2.34. The Balaban J connectivity index is 1.40. The fraction of sp³-hybridized carbons (Fsp3) is 0.240. The summed E-state index contributed by atoms with van der Waals surface area (Å²) in [7, 11) is -0.189. The lowest BCUT2D eigenvalue weighted by Gasteiger charge is -2.17. The molecule has 3 aromatic carbocycles. The van der Waals surface area contributed by atoms with Crippen molar-refractivity contribution in [2.45, 2.75) is 6.10 Å². The van der Waals surface area contributed by atoms with Crippen LogP contribution in [0.1, 0.15) is 15.9 Å². The maximum atomic E-state index is 12.7. The van der Waals surface area contributed by atoms with Gasteiger partial charge in [-0.2, -0.15) is 0 Å². The monoisotopic (exact) mass is 528 g/mol. The van der Waals surface area contributed by atoms with E-state index in [-0.39, 0.29) is 24.8 Å². The van der Waals surface area contributed by atoms with Crippen molar-refractivity contribution in [3.8, 4) is 0 Å². The molecule has 188 valence electrons. The molecule has 36 heavy (non-hydrogen) atoms. The second kappa shape index (κ2) is 10.2. The van der Waals surface area contributed by atoms with Crippen LogP contribution in [-0.4, -0.2) is 70.7 Å². The third kappa shape index (κ3) is 5.95. The summed E-state index contributed by atoms with van der Waals surface area (Å²) in [6.45, 7) is 0.413. The molecule has 1 aliphatic rings. The summed E-state index contributed by atoms with van der Waals surface area (Å²) in [5, 5.41) is 5.28. The molecular weight excluding hydrogens is 504 g/mol. The van der Waals surface area contributed by atoms with Gasteiger partial charge in [-0.3, -0.25) is 9.69 Å². The number of rotatable bonds is 6. The molecule has 4 rings (SSSR count). The van der Waals surface area contributed by atoms with E-state index in [1.54, 1.807) is 61.5 Å². The maximum Gasteiger partial charge on any atom is 0.414 e. The van der Waals surface area contributed by atoms with Crippen LogP contribution in [0.15, 0.2) is 65.1 Å². The van der Waals surface area contributed by atoms with Gasteiger partial charge in [-0.05, 0) is 59.3 Å². The number of hydrogen-bond acceptors (Lipinski definition) is 5. The topological polar surface area (TPSA) is 108 Å². The standard InChI is InChI=1S/C25H25ClN4O5S/c1-29(2)23(28-36(3,33)34)16-7-10-21(11-8-16)30-15-22(35-25(30)32)14-27-24(31)19-5-4-18-13-20(26)9-6-17(18)12-19/h4-13,22H,14-15H2,1-3H3,(H,27,31). The van der Waals surface area contributed by atoms with Gasteiger partial charge in [0.05, 0.1) is 19.3 Å². The SMILES string of the molecule is CN(C)C(=NS(C)(=O)=O)c1ccc(N2CC(CNC(=O)c3ccc4cc(Cl)ccc4c3)OC2=O)cc1. The summed E-state index contributed by atoms with van der Waals surface area (Å²) in [5.74, 6) is 0.0116. The van der Waals surface area contributed by atoms with Crippen LogP contribution in [0.4, 0.5) is 10.5 Å². The highest BCUT2D eigenvalue weighted by Crippen LogP contribution is 2.23. The first-order chi connectivity index (χ1) is 17.0. The quantitative estimate of drug-likeness (QED) is 0.387. The zero-order chi connectivity index (χ0) is 26.0. The average Bonchev–Trinajstić information content (AvgIpc) is 3.20. The molecule has 0 spiro atoms. The number of sulfonamides is 1. The molecule has 9 nitrogen and oxygen atoms in total. The summed E-state index contributed by atoms with van der Waals surface area (Å²) >= 11 is 6.01. The van der Waals surface area contributed by atoms with Crippen LogP contribution < -0.4 is 10.2 Å². The normalized spacial score (nSPS) is 16.2. The molecule has 0 bridgehead atoms. The predicted octanol–water partition coefficient (Wildman–Crippen LogP) is 3.52. The highest BCUT2D eigenvalue weighted by Gasteiger charge is 2.32. The van der Waals surface area contributed by atoms with E-state index in [2.05, 4.69) is 9.71 Å². The number of fused-ring (bicyclic) bond motifs is 1. The van der Waals surface area contributed by atoms with Crippen molar-refractivity contribution in [2.75, 3.05) is 38.3 Å². The zero-order valence-electron chi connectivity index (χ0n) is 19.9. The molecule has 1 heterocycles. The van der Waals surface area contributed by atoms with E-state index in [9.17, 15) is 18.0 Å². The molecule has 0 saturated carbocycles. The first-order valence-corrected chi connectivity index (χ1v) is 13.3. The number of ether oxygens (including phenoxy) is 1. The van der Waals surface area contributed by atoms with Crippen molar-refractivity contribution in [3.05, 3.63) is 76.8 Å². The minimum atomic E-state index is -3.58. The minimum absolute atomic E-state index is 0.156. The molecule has 3 aromatic rings. The van der Waals surface area contributed by atoms with Gasteiger partial charge in [-0.15, -0.1) is 4.40 Å². The van der Waals surface area contributed by atoms with Crippen LogP contribution in [0.2, 0.25) is 5.02 Å². The van der Waals surface area contributed by atoms with E-state index >= 15 is 0 Å². The average molecular weight is 529 g/mol. The van der Waals surface area contributed by atoms with Crippen LogP contribution in [0.25, 0.3) is 10.8 Å². The molecule has 1 saturated heterocycles. The number of nitrogens with zero attached hydrogens (tertiary/aromatic N) is 3. The Bertz CT molecular complexity index is 1460. The Labute approximate surface area is 214 Å². The first kappa shape index (κ1) is 25.5. The van der Waals surface area contributed by atoms with Crippen LogP contribution in [0, 0.1) is 0 Å². The van der Waals surface area contributed by atoms with Crippen molar-refractivity contribution >= 4 is 55.9 Å². The number of cyclic esters (lactones) is 1. The smallest absolute Gasteiger partial charge is 0.414 e. The Morgan fingerprint density at radius 3 is 2.39 bits per heavy atom. The molecule has 0 aromatic heterocycles. The molecule has 1 aliphatic heterocycles. The van der Waals surface area contributed by atoms with Crippen molar-refractivity contribution in [3.63, 3.8) is 0 Å². The second-order valence-corrected chi connectivity index (χ2v) is 10.7. The number of amidine groups is 1. The van der Waals surface area contributed by atoms with Gasteiger partial charge in [0.25, 0.3) is 15.9 Å². The highest BCUT2D eigenvalue weighted by molar-refractivity contribution is 7.89. The predicted molar refractivity (Wildman–Crippen MR) is 140 cm³/mol. The molecular formula is C25H25ClN4O5S. The van der Waals surface area contributed by atoms with Gasteiger partial charge in [-0.1, -0.05) is 23.7 Å². The largest absolute Gasteiger partial charge is 0.442 e. The number of hydrogen-bond donors (Lipinski definition) is 1. The van der Waals surface area contributed by atoms with E-state index in [0.29, 0.717) is 21.8 Å². The molecule has 1 fully saturated rings. The lowest BCUT2D eigenvalue weighted by atomic mass is 10.1. The number of amides is 2. The molecule has 11 heteroatoms. The minimum Gasteiger partial charge on any atom is -0.442 e. The van der Waals surface area contributed by atoms with Crippen LogP contribution in [0.3, 0.4) is 0 Å². The molecule has 1 unspecified atom stereocenters. The van der Waals surface area contributed by atoms with Gasteiger partial charge < -0.3 is 15.0 Å². The van der Waals surface area contributed by atoms with E-state index in [1.807, 2.05) is 18.2 Å². The number of halogens is 1. The second-order valence-electron chi connectivity index (χ2n) is 8.62. The number of benzene rings is 3. The van der Waals surface area contributed by atoms with E-state index in [1.165, 1.54) is 4.90 Å². The maximum absolute atomic E-state index is 12.7. The molecule has 0 radical (unpaired) electrons. The van der Waals surface area contributed by atoms with Gasteiger partial charge in [0.2, 0.25) is 0 Å². The lowest BCUT2D eigenvalue weighted by molar-refractivity contribution is 0.0916. The summed E-state index contributed by atoms with van der Waals surface area (Å²) in [4.78, 5) is 28.2. The summed E-state index contributed by atoms with van der Waals surface area (Å²) in [6, 6.07) is 17.6. The van der Waals surface area contributed by atoms with Gasteiger partial charge in [-0.25, -0.2) is 13.2 Å². The third-order valence-corrected chi connectivity index (χ3v) is 6.28. The van der Waals surface area contributed by atoms with Gasteiger partial charge in [0, 0.05) is 35.9 Å². The summed E-state index contributed by atoms with van der Waals surface area (Å²) in [6.07, 6.45) is -0.0215. The van der Waals surface area contributed by atoms with Gasteiger partial charge in [0.15, 0.2) is 0 Å². The van der Waals surface area contributed by atoms with Crippen molar-refractivity contribution in [1.82, 2.24) is 10.2 Å². The Morgan fingerprint density at radius 2 is 1.72 bits per heavy atom. The Morgan fingerprint density at radius 1 is 1.08 bits per heavy atom. The van der Waals surface area contributed by atoms with Crippen molar-refractivity contribution in [2.24, 2.45) is 4.40 Å². The van der Waals surface area contributed by atoms with E-state index in [0.717, 1.165) is 17.0 Å². The van der Waals surface area contributed by atoms with Crippen LogP contribution in [0.5, 0.6) is 0 Å². The van der Waals surface area contributed by atoms with E-state index in [4.69, 9.17) is 16.3 Å². The number of anilines is 1. The first-order valence-electron chi connectivity index (χ1n) is 11.0. The number of carbonyl (C=O) groups is 2. The van der Waals surface area contributed by atoms with Crippen LogP contribution in [-0.2, 0) is 14.8 Å². The Hall–Kier alpha value is -3.63. The fourth-order valence-electron chi connectivity index (χ4n) is 3.85. The van der Waals surface area contributed by atoms with E-state index < -0.39 is 22.2 Å². The number of carbonyl (C=O) groups excluding carboxylic acids is 2. The number of nitrogens with one attached hydrogen (secondary N) is 1. The van der Waals surface area contributed by atoms with Crippen molar-refractivity contribution in [1.29, 1.82) is 0 Å². The highest BCUT2D eigenvalue weighted by atomic mass is 35.5. The third-order valence-electron chi connectivity index (χ3n) is 5.54. The fourth-order valence-corrected chi connectivity index (χ4v) is 4.61. The molecule has 2 amide bonds. The van der Waals surface area contributed by atoms with Gasteiger partial charge >= 0.3 is 6.09 Å². The zero-order valence-corrected chi connectivity index (χ0v) is 21.5. The van der Waals surface area contributed by atoms with Gasteiger partial charge in [0.1, 0.15) is 11.9 Å². The van der Waals surface area contributed by atoms with Crippen molar-refractivity contribution < 1.29 is 22.7 Å². The molecule has 1 N–H and O–H groups in total. The Kier molecular flexibility index (Phi) is 7.18. The summed E-state index contributed by atoms with van der Waals surface area (Å²) in [5.41, 5.74) is 1.67. The summed E-state index contributed by atoms with van der Waals surface area (Å²) < 4.78 is 32.5. The molecule has 1 atom stereocenters.